The Hall–Kier alpha value is -2.15. The highest BCUT2D eigenvalue weighted by molar-refractivity contribution is 8.26. The van der Waals surface area contributed by atoms with Gasteiger partial charge in [-0.3, -0.25) is 9.69 Å². The lowest BCUT2D eigenvalue weighted by Gasteiger charge is -2.36. The minimum atomic E-state index is -0.104. The van der Waals surface area contributed by atoms with Crippen LogP contribution in [0, 0.1) is 0 Å². The number of hydrogen-bond donors (Lipinski definition) is 1. The Balaban J connectivity index is 1.45. The number of carbonyl (C=O) groups excluding carboxylic acids is 1. The van der Waals surface area contributed by atoms with Crippen LogP contribution >= 0.6 is 24.0 Å². The Morgan fingerprint density at radius 1 is 1.00 bits per heavy atom. The van der Waals surface area contributed by atoms with Crippen LogP contribution in [0.3, 0.4) is 0 Å². The summed E-state index contributed by atoms with van der Waals surface area (Å²) in [6, 6.07) is 18.9. The zero-order valence-electron chi connectivity index (χ0n) is 14.9. The van der Waals surface area contributed by atoms with Gasteiger partial charge in [-0.15, -0.1) is 0 Å². The topological polar surface area (TPSA) is 35.6 Å². The third-order valence-electron chi connectivity index (χ3n) is 4.83. The van der Waals surface area contributed by atoms with E-state index in [4.69, 9.17) is 12.2 Å². The summed E-state index contributed by atoms with van der Waals surface area (Å²) in [6.07, 6.45) is 1.95. The number of anilines is 1. The molecule has 1 N–H and O–H groups in total. The van der Waals surface area contributed by atoms with Gasteiger partial charge in [0.1, 0.15) is 4.32 Å². The number of rotatable bonds is 4. The number of piperazine rings is 1. The standard InChI is InChI=1S/C21H21N3OS2/c25-20-19(27-21(26)22-20)14-17-8-4-5-9-18(17)24-12-10-23(11-13-24)15-16-6-2-1-3-7-16/h1-9,14H,10-13,15H2,(H,22,25,26)/b19-14+. The van der Waals surface area contributed by atoms with Crippen molar-refractivity contribution in [2.24, 2.45) is 0 Å². The van der Waals surface area contributed by atoms with Crippen LogP contribution in [-0.2, 0) is 11.3 Å². The van der Waals surface area contributed by atoms with Gasteiger partial charge in [0, 0.05) is 38.4 Å². The Morgan fingerprint density at radius 3 is 2.41 bits per heavy atom. The van der Waals surface area contributed by atoms with Gasteiger partial charge in [-0.2, -0.15) is 0 Å². The van der Waals surface area contributed by atoms with Crippen LogP contribution in [0.5, 0.6) is 0 Å². The average molecular weight is 396 g/mol. The van der Waals surface area contributed by atoms with Crippen LogP contribution in [0.2, 0.25) is 0 Å². The van der Waals surface area contributed by atoms with Crippen LogP contribution in [0.15, 0.2) is 59.5 Å². The minimum Gasteiger partial charge on any atom is -0.368 e. The molecule has 138 valence electrons. The number of para-hydroxylation sites is 1. The van der Waals surface area contributed by atoms with E-state index in [1.807, 2.05) is 12.1 Å². The summed E-state index contributed by atoms with van der Waals surface area (Å²) in [6.45, 7) is 5.00. The number of benzene rings is 2. The number of thioether (sulfide) groups is 1. The zero-order chi connectivity index (χ0) is 18.6. The maximum atomic E-state index is 12.0. The molecule has 2 saturated heterocycles. The third kappa shape index (κ3) is 4.40. The summed E-state index contributed by atoms with van der Waals surface area (Å²) in [5, 5.41) is 2.68. The number of carbonyl (C=O) groups is 1. The van der Waals surface area contributed by atoms with Crippen molar-refractivity contribution < 1.29 is 4.79 Å². The summed E-state index contributed by atoms with van der Waals surface area (Å²) in [5.74, 6) is -0.104. The van der Waals surface area contributed by atoms with E-state index in [-0.39, 0.29) is 5.91 Å². The minimum absolute atomic E-state index is 0.104. The van der Waals surface area contributed by atoms with Crippen molar-refractivity contribution in [2.75, 3.05) is 31.1 Å². The smallest absolute Gasteiger partial charge is 0.263 e. The maximum Gasteiger partial charge on any atom is 0.263 e. The molecule has 27 heavy (non-hydrogen) atoms. The second-order valence-electron chi connectivity index (χ2n) is 6.66. The molecule has 0 spiro atoms. The summed E-state index contributed by atoms with van der Waals surface area (Å²) < 4.78 is 0.526. The van der Waals surface area contributed by atoms with Gasteiger partial charge < -0.3 is 10.2 Å². The number of amides is 1. The lowest BCUT2D eigenvalue weighted by Crippen LogP contribution is -2.46. The number of thiocarbonyl (C=S) groups is 1. The van der Waals surface area contributed by atoms with Gasteiger partial charge in [0.2, 0.25) is 0 Å². The quantitative estimate of drug-likeness (QED) is 0.633. The first-order valence-corrected chi connectivity index (χ1v) is 10.3. The lowest BCUT2D eigenvalue weighted by atomic mass is 10.1. The average Bonchev–Trinajstić information content (AvgIpc) is 3.01. The van der Waals surface area contributed by atoms with Crippen molar-refractivity contribution in [1.29, 1.82) is 0 Å². The number of nitrogens with one attached hydrogen (secondary N) is 1. The van der Waals surface area contributed by atoms with Crippen LogP contribution in [0.25, 0.3) is 6.08 Å². The van der Waals surface area contributed by atoms with Crippen molar-refractivity contribution in [2.45, 2.75) is 6.54 Å². The molecule has 2 aromatic rings. The molecule has 2 aliphatic rings. The SMILES string of the molecule is O=C1NC(=S)S/C1=C/c1ccccc1N1CCN(Cc2ccccc2)CC1. The summed E-state index contributed by atoms with van der Waals surface area (Å²) in [4.78, 5) is 17.5. The molecule has 6 heteroatoms. The summed E-state index contributed by atoms with van der Waals surface area (Å²) >= 11 is 6.42. The van der Waals surface area contributed by atoms with Gasteiger partial charge in [-0.1, -0.05) is 72.5 Å². The molecule has 0 aromatic heterocycles. The molecule has 2 fully saturated rings. The van der Waals surface area contributed by atoms with Crippen molar-refractivity contribution in [3.05, 3.63) is 70.6 Å². The fraction of sp³-hybridized carbons (Fsp3) is 0.238. The third-order valence-corrected chi connectivity index (χ3v) is 5.99. The van der Waals surface area contributed by atoms with Gasteiger partial charge in [0.25, 0.3) is 5.91 Å². The first-order valence-electron chi connectivity index (χ1n) is 9.04. The lowest BCUT2D eigenvalue weighted by molar-refractivity contribution is -0.115. The summed E-state index contributed by atoms with van der Waals surface area (Å²) in [5.41, 5.74) is 3.60. The van der Waals surface area contributed by atoms with E-state index in [0.29, 0.717) is 9.23 Å². The van der Waals surface area contributed by atoms with Crippen LogP contribution in [0.1, 0.15) is 11.1 Å². The largest absolute Gasteiger partial charge is 0.368 e. The second kappa shape index (κ2) is 8.25. The zero-order valence-corrected chi connectivity index (χ0v) is 16.6. The van der Waals surface area contributed by atoms with E-state index in [2.05, 4.69) is 63.6 Å². The van der Waals surface area contributed by atoms with Gasteiger partial charge in [0.05, 0.1) is 4.91 Å². The van der Waals surface area contributed by atoms with Gasteiger partial charge >= 0.3 is 0 Å². The highest BCUT2D eigenvalue weighted by Gasteiger charge is 2.23. The molecule has 2 aliphatic heterocycles. The van der Waals surface area contributed by atoms with E-state index < -0.39 is 0 Å². The van der Waals surface area contributed by atoms with Crippen molar-refractivity contribution in [3.63, 3.8) is 0 Å². The predicted octanol–water partition coefficient (Wildman–Crippen LogP) is 3.50. The van der Waals surface area contributed by atoms with E-state index in [1.54, 1.807) is 0 Å². The fourth-order valence-corrected chi connectivity index (χ4v) is 4.48. The first-order chi connectivity index (χ1) is 13.2. The Morgan fingerprint density at radius 2 is 1.70 bits per heavy atom. The van der Waals surface area contributed by atoms with Gasteiger partial charge in [-0.05, 0) is 23.3 Å². The van der Waals surface area contributed by atoms with E-state index in [1.165, 1.54) is 23.0 Å². The van der Waals surface area contributed by atoms with Gasteiger partial charge in [-0.25, -0.2) is 0 Å². The molecule has 4 rings (SSSR count). The van der Waals surface area contributed by atoms with E-state index >= 15 is 0 Å². The Bertz CT molecular complexity index is 874. The molecule has 0 saturated carbocycles. The maximum absolute atomic E-state index is 12.0. The number of hydrogen-bond acceptors (Lipinski definition) is 5. The molecular formula is C21H21N3OS2. The first kappa shape index (κ1) is 18.2. The van der Waals surface area contributed by atoms with Crippen molar-refractivity contribution in [1.82, 2.24) is 10.2 Å². The predicted molar refractivity (Wildman–Crippen MR) is 117 cm³/mol. The number of nitrogens with zero attached hydrogens (tertiary/aromatic N) is 2. The Labute approximate surface area is 169 Å². The second-order valence-corrected chi connectivity index (χ2v) is 8.38. The molecule has 0 radical (unpaired) electrons. The van der Waals surface area contributed by atoms with Crippen molar-refractivity contribution >= 4 is 46.0 Å². The Kier molecular flexibility index (Phi) is 5.57. The van der Waals surface area contributed by atoms with E-state index in [9.17, 15) is 4.79 Å². The highest BCUT2D eigenvalue weighted by atomic mass is 32.2. The molecule has 2 aromatic carbocycles. The van der Waals surface area contributed by atoms with Crippen LogP contribution in [0.4, 0.5) is 5.69 Å². The molecule has 2 heterocycles. The molecule has 0 aliphatic carbocycles. The normalized spacial score (nSPS) is 19.6. The van der Waals surface area contributed by atoms with Crippen LogP contribution < -0.4 is 10.2 Å². The molecular weight excluding hydrogens is 374 g/mol. The van der Waals surface area contributed by atoms with Crippen molar-refractivity contribution in [3.8, 4) is 0 Å². The molecule has 0 atom stereocenters. The molecule has 0 bridgehead atoms. The molecule has 1 amide bonds. The summed E-state index contributed by atoms with van der Waals surface area (Å²) in [7, 11) is 0. The fourth-order valence-electron chi connectivity index (χ4n) is 3.45. The molecule has 0 unspecified atom stereocenters. The molecule has 4 nitrogen and oxygen atoms in total. The highest BCUT2D eigenvalue weighted by Crippen LogP contribution is 2.30. The monoisotopic (exact) mass is 395 g/mol. The van der Waals surface area contributed by atoms with E-state index in [0.717, 1.165) is 38.3 Å². The van der Waals surface area contributed by atoms with Gasteiger partial charge in [0.15, 0.2) is 0 Å². The van der Waals surface area contributed by atoms with Crippen LogP contribution in [-0.4, -0.2) is 41.3 Å².